The van der Waals surface area contributed by atoms with Gasteiger partial charge in [-0.1, -0.05) is 11.3 Å². The van der Waals surface area contributed by atoms with Crippen molar-refractivity contribution < 1.29 is 13.6 Å². The molecule has 0 fully saturated rings. The normalized spacial score (nSPS) is 10.4. The van der Waals surface area contributed by atoms with E-state index in [1.54, 1.807) is 0 Å². The zero-order valence-corrected chi connectivity index (χ0v) is 8.32. The molecule has 0 aliphatic carbocycles. The molecule has 82 valence electrons. The third-order valence-corrected chi connectivity index (χ3v) is 2.14. The van der Waals surface area contributed by atoms with E-state index in [0.29, 0.717) is 0 Å². The highest BCUT2D eigenvalue weighted by Crippen LogP contribution is 2.15. The molecule has 0 aliphatic heterocycles. The monoisotopic (exact) mass is 223 g/mol. The first-order valence-electron chi connectivity index (χ1n) is 4.44. The van der Waals surface area contributed by atoms with Gasteiger partial charge in [0.05, 0.1) is 11.8 Å². The maximum absolute atomic E-state index is 13.3. The second-order valence-corrected chi connectivity index (χ2v) is 3.17. The lowest BCUT2D eigenvalue weighted by molar-refractivity contribution is 0.102. The van der Waals surface area contributed by atoms with Crippen molar-refractivity contribution in [3.05, 3.63) is 47.3 Å². The van der Waals surface area contributed by atoms with Gasteiger partial charge < -0.3 is 0 Å². The predicted octanol–water partition coefficient (Wildman–Crippen LogP) is 1.32. The van der Waals surface area contributed by atoms with Gasteiger partial charge in [-0.25, -0.2) is 13.5 Å². The minimum atomic E-state index is -0.897. The van der Waals surface area contributed by atoms with E-state index in [9.17, 15) is 13.6 Å². The molecule has 1 aromatic heterocycles. The van der Waals surface area contributed by atoms with E-state index in [2.05, 4.69) is 10.3 Å². The van der Waals surface area contributed by atoms with Gasteiger partial charge in [-0.15, -0.1) is 5.10 Å². The number of hydrogen-bond acceptors (Lipinski definition) is 3. The van der Waals surface area contributed by atoms with Gasteiger partial charge in [0.2, 0.25) is 5.78 Å². The predicted molar refractivity (Wildman–Crippen MR) is 50.8 cm³/mol. The van der Waals surface area contributed by atoms with Crippen LogP contribution in [0.4, 0.5) is 8.78 Å². The lowest BCUT2D eigenvalue weighted by Crippen LogP contribution is -2.12. The number of nitrogens with zero attached hydrogens (tertiary/aromatic N) is 3. The smallest absolute Gasteiger partial charge is 0.218 e. The standard InChI is InChI=1S/C10H7F2N3O/c1-15-8(5-13-14-15)10(16)9-6(11)3-2-4-7(9)12/h2-5H,1H3. The van der Waals surface area contributed by atoms with Crippen LogP contribution in [0.15, 0.2) is 24.4 Å². The highest BCUT2D eigenvalue weighted by Gasteiger charge is 2.21. The van der Waals surface area contributed by atoms with Crippen molar-refractivity contribution >= 4 is 5.78 Å². The van der Waals surface area contributed by atoms with Gasteiger partial charge in [-0.05, 0) is 12.1 Å². The molecule has 6 heteroatoms. The number of aryl methyl sites for hydroxylation is 1. The summed E-state index contributed by atoms with van der Waals surface area (Å²) < 4.78 is 27.8. The van der Waals surface area contributed by atoms with Gasteiger partial charge in [0.15, 0.2) is 0 Å². The van der Waals surface area contributed by atoms with E-state index in [1.165, 1.54) is 13.1 Å². The van der Waals surface area contributed by atoms with Crippen LogP contribution in [0.3, 0.4) is 0 Å². The molecule has 1 aromatic carbocycles. The van der Waals surface area contributed by atoms with Gasteiger partial charge in [0, 0.05) is 7.05 Å². The van der Waals surface area contributed by atoms with Crippen molar-refractivity contribution in [3.8, 4) is 0 Å². The summed E-state index contributed by atoms with van der Waals surface area (Å²) in [6.07, 6.45) is 1.16. The van der Waals surface area contributed by atoms with Crippen LogP contribution >= 0.6 is 0 Å². The molecule has 2 aromatic rings. The van der Waals surface area contributed by atoms with E-state index >= 15 is 0 Å². The first-order valence-corrected chi connectivity index (χ1v) is 4.44. The van der Waals surface area contributed by atoms with Gasteiger partial charge in [0.1, 0.15) is 17.3 Å². The molecular formula is C10H7F2N3O. The summed E-state index contributed by atoms with van der Waals surface area (Å²) in [6, 6.07) is 3.25. The Morgan fingerprint density at radius 1 is 1.31 bits per heavy atom. The third-order valence-electron chi connectivity index (χ3n) is 2.14. The Labute approximate surface area is 89.5 Å². The Balaban J connectivity index is 2.54. The Morgan fingerprint density at radius 2 is 1.94 bits per heavy atom. The van der Waals surface area contributed by atoms with Crippen LogP contribution in [-0.4, -0.2) is 20.8 Å². The van der Waals surface area contributed by atoms with Crippen molar-refractivity contribution in [2.24, 2.45) is 7.05 Å². The van der Waals surface area contributed by atoms with Gasteiger partial charge in [0.25, 0.3) is 0 Å². The summed E-state index contributed by atoms with van der Waals surface area (Å²) in [7, 11) is 1.47. The lowest BCUT2D eigenvalue weighted by atomic mass is 10.1. The molecule has 1 heterocycles. The van der Waals surface area contributed by atoms with E-state index in [1.807, 2.05) is 0 Å². The van der Waals surface area contributed by atoms with Crippen molar-refractivity contribution in [2.45, 2.75) is 0 Å². The molecule has 16 heavy (non-hydrogen) atoms. The zero-order chi connectivity index (χ0) is 11.7. The molecule has 4 nitrogen and oxygen atoms in total. The summed E-state index contributed by atoms with van der Waals surface area (Å²) in [6.45, 7) is 0. The van der Waals surface area contributed by atoms with Crippen LogP contribution < -0.4 is 0 Å². The number of hydrogen-bond donors (Lipinski definition) is 0. The number of ketones is 1. The van der Waals surface area contributed by atoms with Crippen LogP contribution in [0.2, 0.25) is 0 Å². The first kappa shape index (κ1) is 10.4. The molecule has 0 unspecified atom stereocenters. The summed E-state index contributed by atoms with van der Waals surface area (Å²) in [5.41, 5.74) is -0.558. The van der Waals surface area contributed by atoms with E-state index in [0.717, 1.165) is 23.0 Å². The lowest BCUT2D eigenvalue weighted by Gasteiger charge is -2.03. The van der Waals surface area contributed by atoms with Crippen LogP contribution in [0, 0.1) is 11.6 Å². The average Bonchev–Trinajstić information content (AvgIpc) is 2.64. The Kier molecular flexibility index (Phi) is 2.47. The topological polar surface area (TPSA) is 47.8 Å². The minimum absolute atomic E-state index is 0.0315. The molecule has 0 spiro atoms. The van der Waals surface area contributed by atoms with Crippen LogP contribution in [0.1, 0.15) is 16.1 Å². The highest BCUT2D eigenvalue weighted by atomic mass is 19.1. The quantitative estimate of drug-likeness (QED) is 0.721. The molecule has 0 saturated heterocycles. The van der Waals surface area contributed by atoms with Crippen LogP contribution in [0.5, 0.6) is 0 Å². The van der Waals surface area contributed by atoms with Crippen molar-refractivity contribution in [1.29, 1.82) is 0 Å². The summed E-state index contributed by atoms with van der Waals surface area (Å²) in [5, 5.41) is 7.00. The van der Waals surface area contributed by atoms with Crippen molar-refractivity contribution in [2.75, 3.05) is 0 Å². The Morgan fingerprint density at radius 3 is 2.44 bits per heavy atom. The molecule has 2 rings (SSSR count). The Bertz CT molecular complexity index is 530. The minimum Gasteiger partial charge on any atom is -0.287 e. The number of aromatic nitrogens is 3. The third kappa shape index (κ3) is 1.58. The fourth-order valence-corrected chi connectivity index (χ4v) is 1.34. The Hall–Kier alpha value is -2.11. The van der Waals surface area contributed by atoms with Gasteiger partial charge >= 0.3 is 0 Å². The molecule has 0 amide bonds. The number of carbonyl (C=O) groups is 1. The van der Waals surface area contributed by atoms with Crippen LogP contribution in [-0.2, 0) is 7.05 Å². The second-order valence-electron chi connectivity index (χ2n) is 3.17. The molecule has 0 N–H and O–H groups in total. The fourth-order valence-electron chi connectivity index (χ4n) is 1.34. The van der Waals surface area contributed by atoms with Gasteiger partial charge in [-0.3, -0.25) is 4.79 Å². The molecule has 0 aliphatic rings. The molecule has 0 radical (unpaired) electrons. The van der Waals surface area contributed by atoms with E-state index in [-0.39, 0.29) is 5.69 Å². The van der Waals surface area contributed by atoms with Crippen molar-refractivity contribution in [1.82, 2.24) is 15.0 Å². The molecular weight excluding hydrogens is 216 g/mol. The molecule has 0 saturated carbocycles. The summed E-state index contributed by atoms with van der Waals surface area (Å²) in [4.78, 5) is 11.8. The fraction of sp³-hybridized carbons (Fsp3) is 0.100. The number of carbonyl (C=O) groups excluding carboxylic acids is 1. The van der Waals surface area contributed by atoms with E-state index < -0.39 is 23.0 Å². The average molecular weight is 223 g/mol. The number of rotatable bonds is 2. The van der Waals surface area contributed by atoms with Gasteiger partial charge in [-0.2, -0.15) is 0 Å². The maximum atomic E-state index is 13.3. The summed E-state index contributed by atoms with van der Waals surface area (Å²) in [5.74, 6) is -2.57. The number of halogens is 2. The van der Waals surface area contributed by atoms with Crippen molar-refractivity contribution in [3.63, 3.8) is 0 Å². The van der Waals surface area contributed by atoms with E-state index in [4.69, 9.17) is 0 Å². The maximum Gasteiger partial charge on any atom is 0.218 e. The summed E-state index contributed by atoms with van der Waals surface area (Å²) >= 11 is 0. The SMILES string of the molecule is Cn1nncc1C(=O)c1c(F)cccc1F. The largest absolute Gasteiger partial charge is 0.287 e. The molecule has 0 atom stereocenters. The number of benzene rings is 1. The first-order chi connectivity index (χ1) is 7.61. The van der Waals surface area contributed by atoms with Crippen LogP contribution in [0.25, 0.3) is 0 Å². The zero-order valence-electron chi connectivity index (χ0n) is 8.32. The molecule has 0 bridgehead atoms. The highest BCUT2D eigenvalue weighted by molar-refractivity contribution is 6.08. The second kappa shape index (κ2) is 3.80.